The molecule has 0 saturated heterocycles. The minimum absolute atomic E-state index is 0.210. The monoisotopic (exact) mass is 381 g/mol. The molecule has 3 rings (SSSR count). The van der Waals surface area contributed by atoms with Crippen LogP contribution in [0.5, 0.6) is 5.75 Å². The molecule has 0 atom stereocenters. The van der Waals surface area contributed by atoms with E-state index in [0.29, 0.717) is 24.7 Å². The zero-order valence-electron chi connectivity index (χ0n) is 16.1. The third-order valence-electron chi connectivity index (χ3n) is 4.51. The molecule has 1 heterocycles. The molecule has 28 heavy (non-hydrogen) atoms. The van der Waals surface area contributed by atoms with Crippen LogP contribution in [0.4, 0.5) is 5.69 Å². The van der Waals surface area contributed by atoms with Crippen molar-refractivity contribution in [2.75, 3.05) is 18.1 Å². The Balaban J connectivity index is 1.78. The molecular weight excluding hydrogens is 358 g/mol. The molecule has 2 aromatic rings. The number of ether oxygens (including phenoxy) is 2. The lowest BCUT2D eigenvalue weighted by Gasteiger charge is -2.14. The van der Waals surface area contributed by atoms with Crippen molar-refractivity contribution in [1.82, 2.24) is 0 Å². The molecule has 2 amide bonds. The van der Waals surface area contributed by atoms with Crippen LogP contribution < -0.4 is 9.64 Å². The molecule has 6 heteroatoms. The van der Waals surface area contributed by atoms with Crippen LogP contribution in [0, 0.1) is 0 Å². The predicted molar refractivity (Wildman–Crippen MR) is 105 cm³/mol. The average molecular weight is 381 g/mol. The van der Waals surface area contributed by atoms with Gasteiger partial charge in [-0.25, -0.2) is 9.69 Å². The van der Waals surface area contributed by atoms with Crippen molar-refractivity contribution in [2.24, 2.45) is 0 Å². The second kappa shape index (κ2) is 8.69. The molecule has 0 bridgehead atoms. The van der Waals surface area contributed by atoms with Gasteiger partial charge in [-0.15, -0.1) is 0 Å². The van der Waals surface area contributed by atoms with Gasteiger partial charge in [0.15, 0.2) is 0 Å². The lowest BCUT2D eigenvalue weighted by molar-refractivity contribution is 0.0498. The van der Waals surface area contributed by atoms with Crippen LogP contribution in [0.1, 0.15) is 64.2 Å². The number of amides is 2. The van der Waals surface area contributed by atoms with Crippen molar-refractivity contribution in [2.45, 2.75) is 33.1 Å². The fourth-order valence-electron chi connectivity index (χ4n) is 3.06. The highest BCUT2D eigenvalue weighted by molar-refractivity contribution is 6.34. The van der Waals surface area contributed by atoms with Gasteiger partial charge >= 0.3 is 5.97 Å². The number of nitrogens with zero attached hydrogens (tertiary/aromatic N) is 1. The Morgan fingerprint density at radius 3 is 2.32 bits per heavy atom. The lowest BCUT2D eigenvalue weighted by Crippen LogP contribution is -2.29. The first-order valence-electron chi connectivity index (χ1n) is 9.49. The molecule has 1 aliphatic rings. The van der Waals surface area contributed by atoms with Gasteiger partial charge in [0.25, 0.3) is 11.8 Å². The van der Waals surface area contributed by atoms with E-state index in [0.717, 1.165) is 24.2 Å². The van der Waals surface area contributed by atoms with Gasteiger partial charge in [0.2, 0.25) is 0 Å². The van der Waals surface area contributed by atoms with E-state index in [1.165, 1.54) is 18.2 Å². The van der Waals surface area contributed by atoms with Crippen LogP contribution in [0.2, 0.25) is 0 Å². The second-order valence-corrected chi connectivity index (χ2v) is 6.48. The molecule has 0 unspecified atom stereocenters. The maximum Gasteiger partial charge on any atom is 0.338 e. The number of rotatable bonds is 8. The number of carbonyl (C=O) groups is 3. The molecule has 0 aromatic heterocycles. The van der Waals surface area contributed by atoms with E-state index in [4.69, 9.17) is 9.47 Å². The summed E-state index contributed by atoms with van der Waals surface area (Å²) in [6, 6.07) is 11.2. The number of esters is 1. The van der Waals surface area contributed by atoms with Crippen molar-refractivity contribution in [3.63, 3.8) is 0 Å². The predicted octanol–water partition coefficient (Wildman–Crippen LogP) is 4.23. The number of carbonyl (C=O) groups excluding carboxylic acids is 3. The minimum atomic E-state index is -0.487. The number of imide groups is 1. The smallest absolute Gasteiger partial charge is 0.338 e. The van der Waals surface area contributed by atoms with Gasteiger partial charge in [-0.05, 0) is 55.8 Å². The molecule has 2 aromatic carbocycles. The summed E-state index contributed by atoms with van der Waals surface area (Å²) < 4.78 is 10.6. The summed E-state index contributed by atoms with van der Waals surface area (Å²) in [5.41, 5.74) is 1.21. The van der Waals surface area contributed by atoms with E-state index in [9.17, 15) is 14.4 Å². The molecule has 0 radical (unpaired) electrons. The summed E-state index contributed by atoms with van der Waals surface area (Å²) in [5.74, 6) is -0.688. The first-order chi connectivity index (χ1) is 13.6. The summed E-state index contributed by atoms with van der Waals surface area (Å²) in [6.07, 6.45) is 2.83. The molecular formula is C22H23NO5. The van der Waals surface area contributed by atoms with Gasteiger partial charge in [0.05, 0.1) is 35.6 Å². The van der Waals surface area contributed by atoms with E-state index in [2.05, 4.69) is 6.92 Å². The number of anilines is 1. The Labute approximate surface area is 164 Å². The van der Waals surface area contributed by atoms with Crippen LogP contribution in [-0.4, -0.2) is 31.0 Å². The molecule has 0 saturated carbocycles. The number of hydrogen-bond acceptors (Lipinski definition) is 5. The van der Waals surface area contributed by atoms with Crippen LogP contribution in [0.3, 0.4) is 0 Å². The number of hydrogen-bond donors (Lipinski definition) is 0. The van der Waals surface area contributed by atoms with E-state index >= 15 is 0 Å². The van der Waals surface area contributed by atoms with Crippen LogP contribution in [0.25, 0.3) is 0 Å². The number of unbranched alkanes of at least 4 members (excludes halogenated alkanes) is 2. The number of benzene rings is 2. The Morgan fingerprint density at radius 2 is 1.64 bits per heavy atom. The summed E-state index contributed by atoms with van der Waals surface area (Å²) in [5, 5.41) is 0. The molecule has 6 nitrogen and oxygen atoms in total. The molecule has 0 N–H and O–H groups in total. The standard InChI is InChI=1S/C22H23NO5/c1-3-5-6-13-28-22(26)15-7-12-18-19(14-15)21(25)23(20(18)24)16-8-10-17(11-9-16)27-4-2/h7-12,14H,3-6,13H2,1-2H3. The van der Waals surface area contributed by atoms with Gasteiger partial charge in [-0.1, -0.05) is 19.8 Å². The SMILES string of the molecule is CCCCCOC(=O)c1ccc2c(c1)C(=O)N(c1ccc(OCC)cc1)C2=O. The average Bonchev–Trinajstić information content (AvgIpc) is 2.96. The van der Waals surface area contributed by atoms with E-state index in [1.54, 1.807) is 24.3 Å². The molecule has 1 aliphatic heterocycles. The quantitative estimate of drug-likeness (QED) is 0.389. The Bertz CT molecular complexity index is 888. The summed E-state index contributed by atoms with van der Waals surface area (Å²) in [6.45, 7) is 4.82. The van der Waals surface area contributed by atoms with Crippen LogP contribution in [-0.2, 0) is 4.74 Å². The normalized spacial score (nSPS) is 12.9. The van der Waals surface area contributed by atoms with Gasteiger partial charge in [-0.2, -0.15) is 0 Å². The van der Waals surface area contributed by atoms with Crippen molar-refractivity contribution in [3.05, 3.63) is 59.2 Å². The zero-order chi connectivity index (χ0) is 20.1. The highest BCUT2D eigenvalue weighted by Gasteiger charge is 2.37. The Kier molecular flexibility index (Phi) is 6.09. The maximum absolute atomic E-state index is 12.8. The van der Waals surface area contributed by atoms with E-state index < -0.39 is 17.8 Å². The molecule has 146 valence electrons. The molecule has 0 aliphatic carbocycles. The maximum atomic E-state index is 12.8. The van der Waals surface area contributed by atoms with Crippen LogP contribution >= 0.6 is 0 Å². The van der Waals surface area contributed by atoms with Gasteiger partial charge in [-0.3, -0.25) is 9.59 Å². The fraction of sp³-hybridized carbons (Fsp3) is 0.318. The summed E-state index contributed by atoms with van der Waals surface area (Å²) in [7, 11) is 0. The lowest BCUT2D eigenvalue weighted by atomic mass is 10.1. The van der Waals surface area contributed by atoms with Crippen LogP contribution in [0.15, 0.2) is 42.5 Å². The summed E-state index contributed by atoms with van der Waals surface area (Å²) in [4.78, 5) is 38.8. The highest BCUT2D eigenvalue weighted by Crippen LogP contribution is 2.30. The third-order valence-corrected chi connectivity index (χ3v) is 4.51. The van der Waals surface area contributed by atoms with Crippen molar-refractivity contribution >= 4 is 23.5 Å². The van der Waals surface area contributed by atoms with Gasteiger partial charge in [0.1, 0.15) is 5.75 Å². The Hall–Kier alpha value is -3.15. The second-order valence-electron chi connectivity index (χ2n) is 6.48. The minimum Gasteiger partial charge on any atom is -0.494 e. The topological polar surface area (TPSA) is 72.9 Å². The Morgan fingerprint density at radius 1 is 0.929 bits per heavy atom. The van der Waals surface area contributed by atoms with E-state index in [1.807, 2.05) is 6.92 Å². The fourth-order valence-corrected chi connectivity index (χ4v) is 3.06. The van der Waals surface area contributed by atoms with Crippen molar-refractivity contribution in [1.29, 1.82) is 0 Å². The van der Waals surface area contributed by atoms with Crippen molar-refractivity contribution in [3.8, 4) is 5.75 Å². The zero-order valence-corrected chi connectivity index (χ0v) is 16.1. The van der Waals surface area contributed by atoms with E-state index in [-0.39, 0.29) is 16.7 Å². The molecule has 0 spiro atoms. The first-order valence-corrected chi connectivity index (χ1v) is 9.49. The number of fused-ring (bicyclic) bond motifs is 1. The summed E-state index contributed by atoms with van der Waals surface area (Å²) >= 11 is 0. The van der Waals surface area contributed by atoms with Gasteiger partial charge in [0, 0.05) is 0 Å². The largest absolute Gasteiger partial charge is 0.494 e. The first kappa shape index (κ1) is 19.6. The third kappa shape index (κ3) is 3.91. The molecule has 0 fully saturated rings. The van der Waals surface area contributed by atoms with Gasteiger partial charge < -0.3 is 9.47 Å². The highest BCUT2D eigenvalue weighted by atomic mass is 16.5. The van der Waals surface area contributed by atoms with Crippen molar-refractivity contribution < 1.29 is 23.9 Å².